The molecule has 37 heavy (non-hydrogen) atoms. The molecule has 5 N–H and O–H groups in total. The lowest BCUT2D eigenvalue weighted by Gasteiger charge is -2.26. The van der Waals surface area contributed by atoms with Crippen molar-refractivity contribution in [3.8, 4) is 0 Å². The fourth-order valence-corrected chi connectivity index (χ4v) is 3.70. The number of hydrogen-bond acceptors (Lipinski definition) is 5. The average Bonchev–Trinajstić information content (AvgIpc) is 3.26. The van der Waals surface area contributed by atoms with Gasteiger partial charge in [0.25, 0.3) is 11.8 Å². The number of urea groups is 1. The molecule has 3 aromatic rings. The second-order valence-corrected chi connectivity index (χ2v) is 8.20. The molecule has 0 atom stereocenters. The summed E-state index contributed by atoms with van der Waals surface area (Å²) in [6.45, 7) is 2.07. The number of nitrogens with two attached hydrogens (primary N) is 1. The normalized spacial score (nSPS) is 13.8. The predicted molar refractivity (Wildman–Crippen MR) is 127 cm³/mol. The summed E-state index contributed by atoms with van der Waals surface area (Å²) in [4.78, 5) is 45.5. The summed E-state index contributed by atoms with van der Waals surface area (Å²) in [5.74, 6) is -0.717. The van der Waals surface area contributed by atoms with Crippen LogP contribution in [-0.4, -0.2) is 59.0 Å². The number of carbonyl (C=O) groups is 3. The lowest BCUT2D eigenvalue weighted by atomic mass is 10.1. The molecule has 10 nitrogen and oxygen atoms in total. The number of halogens is 3. The molecular weight excluding hydrogens is 493 g/mol. The molecule has 1 aromatic heterocycles. The van der Waals surface area contributed by atoms with Gasteiger partial charge in [0.1, 0.15) is 11.6 Å². The Labute approximate surface area is 209 Å². The minimum Gasteiger partial charge on any atom is -0.378 e. The summed E-state index contributed by atoms with van der Waals surface area (Å²) in [7, 11) is 0. The van der Waals surface area contributed by atoms with E-state index in [0.717, 1.165) is 29.8 Å². The van der Waals surface area contributed by atoms with Crippen molar-refractivity contribution in [2.45, 2.75) is 12.6 Å². The van der Waals surface area contributed by atoms with Crippen molar-refractivity contribution < 1.29 is 32.3 Å². The topological polar surface area (TPSA) is 142 Å². The van der Waals surface area contributed by atoms with Gasteiger partial charge in [-0.15, -0.1) is 0 Å². The van der Waals surface area contributed by atoms with Crippen molar-refractivity contribution in [2.75, 3.05) is 36.9 Å². The summed E-state index contributed by atoms with van der Waals surface area (Å²) < 4.78 is 43.4. The van der Waals surface area contributed by atoms with Crippen LogP contribution in [0.25, 0.3) is 0 Å². The van der Waals surface area contributed by atoms with E-state index in [2.05, 4.69) is 20.6 Å². The number of hydrogen-bond donors (Lipinski definition) is 4. The van der Waals surface area contributed by atoms with Crippen molar-refractivity contribution in [1.29, 1.82) is 0 Å². The third-order valence-corrected chi connectivity index (χ3v) is 5.57. The number of amides is 4. The average molecular weight is 516 g/mol. The van der Waals surface area contributed by atoms with Gasteiger partial charge in [-0.05, 0) is 42.0 Å². The molecule has 1 aliphatic rings. The Balaban J connectivity index is 1.41. The standard InChI is InChI=1S/C24H23F3N6O4/c25-24(26,27)16-5-7-17(8-6-16)29-23(36)32-21-19(20(28)34)30-18(31-21)13-14-1-3-15(4-2-14)22(35)33-9-11-37-12-10-33/h1-8H,9-13H2,(H2,28,34)(H,30,31)(H2,29,32,36). The first-order valence-electron chi connectivity index (χ1n) is 11.2. The van der Waals surface area contributed by atoms with E-state index in [1.54, 1.807) is 29.2 Å². The van der Waals surface area contributed by atoms with Crippen LogP contribution in [0.5, 0.6) is 0 Å². The molecule has 194 valence electrons. The third kappa shape index (κ3) is 6.44. The van der Waals surface area contributed by atoms with Crippen LogP contribution >= 0.6 is 0 Å². The molecule has 2 heterocycles. The fourth-order valence-electron chi connectivity index (χ4n) is 3.70. The number of morpholine rings is 1. The zero-order valence-electron chi connectivity index (χ0n) is 19.4. The van der Waals surface area contributed by atoms with Crippen LogP contribution in [0.3, 0.4) is 0 Å². The summed E-state index contributed by atoms with van der Waals surface area (Å²) in [6, 6.07) is 9.95. The third-order valence-electron chi connectivity index (χ3n) is 5.57. The van der Waals surface area contributed by atoms with E-state index in [1.165, 1.54) is 0 Å². The first kappa shape index (κ1) is 25.7. The van der Waals surface area contributed by atoms with Crippen LogP contribution in [0.1, 0.15) is 37.8 Å². The van der Waals surface area contributed by atoms with Crippen LogP contribution < -0.4 is 16.4 Å². The van der Waals surface area contributed by atoms with Crippen LogP contribution in [0, 0.1) is 0 Å². The summed E-state index contributed by atoms with van der Waals surface area (Å²) in [5, 5.41) is 4.78. The quantitative estimate of drug-likeness (QED) is 0.398. The van der Waals surface area contributed by atoms with E-state index in [1.807, 2.05) is 0 Å². The highest BCUT2D eigenvalue weighted by atomic mass is 19.4. The molecule has 13 heteroatoms. The van der Waals surface area contributed by atoms with E-state index < -0.39 is 23.7 Å². The SMILES string of the molecule is NC(=O)c1nc(Cc2ccc(C(=O)N3CCOCC3)cc2)[nH]c1NC(=O)Nc1ccc(C(F)(F)F)cc1. The monoisotopic (exact) mass is 516 g/mol. The zero-order chi connectivity index (χ0) is 26.6. The van der Waals surface area contributed by atoms with Gasteiger partial charge in [-0.1, -0.05) is 12.1 Å². The second-order valence-electron chi connectivity index (χ2n) is 8.20. The number of carbonyl (C=O) groups excluding carboxylic acids is 3. The van der Waals surface area contributed by atoms with Crippen LogP contribution in [0.4, 0.5) is 29.5 Å². The number of aromatic nitrogens is 2. The highest BCUT2D eigenvalue weighted by Crippen LogP contribution is 2.29. The maximum absolute atomic E-state index is 12.7. The van der Waals surface area contributed by atoms with Gasteiger partial charge in [0, 0.05) is 30.8 Å². The lowest BCUT2D eigenvalue weighted by molar-refractivity contribution is -0.137. The number of aromatic amines is 1. The second kappa shape index (κ2) is 10.7. The molecule has 0 unspecified atom stereocenters. The molecule has 2 aromatic carbocycles. The van der Waals surface area contributed by atoms with Crippen LogP contribution in [0.2, 0.25) is 0 Å². The molecule has 0 spiro atoms. The van der Waals surface area contributed by atoms with E-state index in [-0.39, 0.29) is 29.5 Å². The summed E-state index contributed by atoms with van der Waals surface area (Å²) in [6.07, 6.45) is -4.25. The van der Waals surface area contributed by atoms with Gasteiger partial charge in [0.15, 0.2) is 5.69 Å². The molecule has 0 radical (unpaired) electrons. The summed E-state index contributed by atoms with van der Waals surface area (Å²) >= 11 is 0. The Morgan fingerprint density at radius 2 is 1.65 bits per heavy atom. The number of H-pyrrole nitrogens is 1. The molecule has 4 rings (SSSR count). The highest BCUT2D eigenvalue weighted by molar-refractivity contribution is 6.04. The van der Waals surface area contributed by atoms with Gasteiger partial charge in [0.2, 0.25) is 0 Å². The number of anilines is 2. The van der Waals surface area contributed by atoms with Gasteiger partial charge >= 0.3 is 12.2 Å². The van der Waals surface area contributed by atoms with Gasteiger partial charge in [-0.3, -0.25) is 14.9 Å². The number of ether oxygens (including phenoxy) is 1. The molecule has 0 bridgehead atoms. The Bertz CT molecular complexity index is 1280. The Morgan fingerprint density at radius 1 is 1.00 bits per heavy atom. The van der Waals surface area contributed by atoms with E-state index in [9.17, 15) is 27.6 Å². The van der Waals surface area contributed by atoms with Gasteiger partial charge in [-0.2, -0.15) is 13.2 Å². The number of imidazole rings is 1. The molecule has 4 amide bonds. The van der Waals surface area contributed by atoms with Crippen molar-refractivity contribution in [3.05, 3.63) is 76.7 Å². The smallest absolute Gasteiger partial charge is 0.378 e. The maximum Gasteiger partial charge on any atom is 0.416 e. The van der Waals surface area contributed by atoms with Crippen LogP contribution in [-0.2, 0) is 17.3 Å². The molecule has 1 saturated heterocycles. The highest BCUT2D eigenvalue weighted by Gasteiger charge is 2.30. The number of alkyl halides is 3. The number of nitrogens with zero attached hydrogens (tertiary/aromatic N) is 2. The molecule has 0 saturated carbocycles. The Hall–Kier alpha value is -4.39. The molecular formula is C24H23F3N6O4. The van der Waals surface area contributed by atoms with Crippen LogP contribution in [0.15, 0.2) is 48.5 Å². The van der Waals surface area contributed by atoms with Crippen molar-refractivity contribution in [1.82, 2.24) is 14.9 Å². The molecule has 1 aliphatic heterocycles. The van der Waals surface area contributed by atoms with E-state index in [4.69, 9.17) is 10.5 Å². The number of primary amides is 1. The minimum atomic E-state index is -4.50. The first-order valence-corrected chi connectivity index (χ1v) is 11.2. The largest absolute Gasteiger partial charge is 0.416 e. The Morgan fingerprint density at radius 3 is 2.24 bits per heavy atom. The first-order chi connectivity index (χ1) is 17.6. The number of nitrogens with one attached hydrogen (secondary N) is 3. The van der Waals surface area contributed by atoms with Crippen molar-refractivity contribution in [2.24, 2.45) is 5.73 Å². The molecule has 0 aliphatic carbocycles. The van der Waals surface area contributed by atoms with E-state index >= 15 is 0 Å². The lowest BCUT2D eigenvalue weighted by Crippen LogP contribution is -2.40. The van der Waals surface area contributed by atoms with Crippen molar-refractivity contribution >= 4 is 29.4 Å². The molecule has 1 fully saturated rings. The predicted octanol–water partition coefficient (Wildman–Crippen LogP) is 3.23. The number of benzene rings is 2. The maximum atomic E-state index is 12.7. The number of rotatable bonds is 6. The van der Waals surface area contributed by atoms with Gasteiger partial charge in [0.05, 0.1) is 18.8 Å². The summed E-state index contributed by atoms with van der Waals surface area (Å²) in [5.41, 5.74) is 5.74. The van der Waals surface area contributed by atoms with Crippen molar-refractivity contribution in [3.63, 3.8) is 0 Å². The zero-order valence-corrected chi connectivity index (χ0v) is 19.4. The van der Waals surface area contributed by atoms with Gasteiger partial charge < -0.3 is 25.7 Å². The Kier molecular flexibility index (Phi) is 7.43. The minimum absolute atomic E-state index is 0.0639. The van der Waals surface area contributed by atoms with Gasteiger partial charge in [-0.25, -0.2) is 9.78 Å². The van der Waals surface area contributed by atoms with E-state index in [0.29, 0.717) is 37.7 Å². The fraction of sp³-hybridized carbons (Fsp3) is 0.250.